The Hall–Kier alpha value is -0.130. The lowest BCUT2D eigenvalue weighted by atomic mass is 10.2. The van der Waals surface area contributed by atoms with Gasteiger partial charge >= 0.3 is 0 Å². The van der Waals surface area contributed by atoms with Crippen LogP contribution in [0.25, 0.3) is 0 Å². The van der Waals surface area contributed by atoms with Crippen LogP contribution in [-0.2, 0) is 10.0 Å². The molecule has 86 valence electrons. The van der Waals surface area contributed by atoms with Crippen LogP contribution in [0.5, 0.6) is 0 Å². The summed E-state index contributed by atoms with van der Waals surface area (Å²) < 4.78 is 25.0. The van der Waals surface area contributed by atoms with Crippen LogP contribution >= 0.6 is 0 Å². The molecule has 0 aliphatic rings. The maximum Gasteiger partial charge on any atom is 0.214 e. The second-order valence-corrected chi connectivity index (χ2v) is 5.89. The third-order valence-electron chi connectivity index (χ3n) is 1.92. The van der Waals surface area contributed by atoms with E-state index in [1.807, 2.05) is 20.8 Å². The van der Waals surface area contributed by atoms with Gasteiger partial charge in [-0.15, -0.1) is 0 Å². The molecular formula is C9H22N2O2S. The highest BCUT2D eigenvalue weighted by Gasteiger charge is 2.20. The fraction of sp³-hybridized carbons (Fsp3) is 1.00. The van der Waals surface area contributed by atoms with Crippen LogP contribution in [0.3, 0.4) is 0 Å². The second-order valence-electron chi connectivity index (χ2n) is 3.80. The van der Waals surface area contributed by atoms with Crippen molar-refractivity contribution < 1.29 is 8.42 Å². The van der Waals surface area contributed by atoms with Crippen molar-refractivity contribution in [2.45, 2.75) is 27.2 Å². The molecule has 0 aliphatic heterocycles. The molecule has 0 aliphatic carbocycles. The van der Waals surface area contributed by atoms with Gasteiger partial charge in [0.1, 0.15) is 0 Å². The van der Waals surface area contributed by atoms with Crippen molar-refractivity contribution >= 4 is 10.0 Å². The predicted molar refractivity (Wildman–Crippen MR) is 59.5 cm³/mol. The van der Waals surface area contributed by atoms with E-state index in [1.165, 1.54) is 4.31 Å². The molecule has 14 heavy (non-hydrogen) atoms. The normalized spacial score (nSPS) is 12.7. The van der Waals surface area contributed by atoms with Crippen molar-refractivity contribution in [2.75, 3.05) is 25.4 Å². The minimum atomic E-state index is -3.08. The minimum absolute atomic E-state index is 0.171. The summed E-state index contributed by atoms with van der Waals surface area (Å²) in [6.45, 7) is 7.47. The first kappa shape index (κ1) is 13.9. The summed E-state index contributed by atoms with van der Waals surface area (Å²) in [5.74, 6) is 0.534. The zero-order valence-electron chi connectivity index (χ0n) is 9.36. The van der Waals surface area contributed by atoms with Crippen molar-refractivity contribution in [1.82, 2.24) is 4.31 Å². The highest BCUT2D eigenvalue weighted by Crippen LogP contribution is 2.06. The lowest BCUT2D eigenvalue weighted by Crippen LogP contribution is -2.36. The van der Waals surface area contributed by atoms with Gasteiger partial charge in [0.05, 0.1) is 5.75 Å². The van der Waals surface area contributed by atoms with Crippen molar-refractivity contribution in [3.05, 3.63) is 0 Å². The third-order valence-corrected chi connectivity index (χ3v) is 3.92. The molecule has 0 aromatic carbocycles. The molecule has 2 N–H and O–H groups in total. The van der Waals surface area contributed by atoms with E-state index < -0.39 is 10.0 Å². The van der Waals surface area contributed by atoms with E-state index in [9.17, 15) is 8.42 Å². The topological polar surface area (TPSA) is 63.4 Å². The van der Waals surface area contributed by atoms with E-state index in [0.717, 1.165) is 0 Å². The van der Waals surface area contributed by atoms with Gasteiger partial charge in [-0.2, -0.15) is 0 Å². The van der Waals surface area contributed by atoms with Crippen LogP contribution in [0, 0.1) is 5.92 Å². The molecule has 0 saturated heterocycles. The summed E-state index contributed by atoms with van der Waals surface area (Å²) in [7, 11) is -3.08. The van der Waals surface area contributed by atoms with E-state index in [0.29, 0.717) is 32.0 Å². The van der Waals surface area contributed by atoms with Crippen molar-refractivity contribution in [3.8, 4) is 0 Å². The summed E-state index contributed by atoms with van der Waals surface area (Å²) in [4.78, 5) is 0. The third kappa shape index (κ3) is 4.93. The molecule has 0 radical (unpaired) electrons. The van der Waals surface area contributed by atoms with Gasteiger partial charge < -0.3 is 5.73 Å². The standard InChI is InChI=1S/C9H22N2O2S/c1-4-11(8-9(2)3)14(12,13)7-5-6-10/h9H,4-8,10H2,1-3H3. The van der Waals surface area contributed by atoms with Gasteiger partial charge in [-0.3, -0.25) is 0 Å². The van der Waals surface area contributed by atoms with E-state index in [2.05, 4.69) is 0 Å². The van der Waals surface area contributed by atoms with Crippen LogP contribution in [0.4, 0.5) is 0 Å². The lowest BCUT2D eigenvalue weighted by molar-refractivity contribution is 0.380. The maximum atomic E-state index is 11.7. The van der Waals surface area contributed by atoms with Gasteiger partial charge in [0, 0.05) is 13.1 Å². The van der Waals surface area contributed by atoms with Gasteiger partial charge in [-0.25, -0.2) is 12.7 Å². The monoisotopic (exact) mass is 222 g/mol. The van der Waals surface area contributed by atoms with E-state index in [4.69, 9.17) is 5.73 Å². The molecule has 0 rings (SSSR count). The summed E-state index contributed by atoms with van der Waals surface area (Å²) in [6, 6.07) is 0. The van der Waals surface area contributed by atoms with E-state index >= 15 is 0 Å². The molecular weight excluding hydrogens is 200 g/mol. The highest BCUT2D eigenvalue weighted by molar-refractivity contribution is 7.89. The molecule has 0 bridgehead atoms. The first-order valence-corrected chi connectivity index (χ1v) is 6.72. The number of sulfonamides is 1. The van der Waals surface area contributed by atoms with Crippen LogP contribution in [0.15, 0.2) is 0 Å². The summed E-state index contributed by atoms with van der Waals surface area (Å²) in [5, 5.41) is 0. The van der Waals surface area contributed by atoms with E-state index in [-0.39, 0.29) is 5.75 Å². The molecule has 0 unspecified atom stereocenters. The van der Waals surface area contributed by atoms with Gasteiger partial charge in [0.2, 0.25) is 10.0 Å². The number of hydrogen-bond acceptors (Lipinski definition) is 3. The summed E-state index contributed by atoms with van der Waals surface area (Å²) in [6.07, 6.45) is 0.539. The van der Waals surface area contributed by atoms with Crippen LogP contribution < -0.4 is 5.73 Å². The van der Waals surface area contributed by atoms with Gasteiger partial charge in [0.25, 0.3) is 0 Å². The lowest BCUT2D eigenvalue weighted by Gasteiger charge is -2.22. The number of nitrogens with two attached hydrogens (primary N) is 1. The number of rotatable bonds is 7. The fourth-order valence-electron chi connectivity index (χ4n) is 1.24. The highest BCUT2D eigenvalue weighted by atomic mass is 32.2. The van der Waals surface area contributed by atoms with Crippen molar-refractivity contribution in [3.63, 3.8) is 0 Å². The Labute approximate surface area is 87.5 Å². The van der Waals surface area contributed by atoms with Crippen LogP contribution in [0.2, 0.25) is 0 Å². The molecule has 0 aromatic rings. The number of nitrogens with zero attached hydrogens (tertiary/aromatic N) is 1. The van der Waals surface area contributed by atoms with E-state index in [1.54, 1.807) is 0 Å². The van der Waals surface area contributed by atoms with Gasteiger partial charge in [0.15, 0.2) is 0 Å². The Morgan fingerprint density at radius 2 is 1.93 bits per heavy atom. The predicted octanol–water partition coefficient (Wildman–Crippen LogP) is 0.643. The molecule has 0 amide bonds. The van der Waals surface area contributed by atoms with Gasteiger partial charge in [-0.05, 0) is 18.9 Å². The average Bonchev–Trinajstić information content (AvgIpc) is 2.10. The minimum Gasteiger partial charge on any atom is -0.330 e. The van der Waals surface area contributed by atoms with Gasteiger partial charge in [-0.1, -0.05) is 20.8 Å². The molecule has 0 spiro atoms. The second kappa shape index (κ2) is 6.37. The molecule has 0 heterocycles. The van der Waals surface area contributed by atoms with Crippen LogP contribution in [-0.4, -0.2) is 38.1 Å². The first-order valence-electron chi connectivity index (χ1n) is 5.12. The van der Waals surface area contributed by atoms with Crippen LogP contribution in [0.1, 0.15) is 27.2 Å². The molecule has 0 fully saturated rings. The largest absolute Gasteiger partial charge is 0.330 e. The average molecular weight is 222 g/mol. The van der Waals surface area contributed by atoms with Crippen molar-refractivity contribution in [2.24, 2.45) is 11.7 Å². The maximum absolute atomic E-state index is 11.7. The molecule has 4 nitrogen and oxygen atoms in total. The molecule has 0 saturated carbocycles. The smallest absolute Gasteiger partial charge is 0.214 e. The zero-order chi connectivity index (χ0) is 11.2. The molecule has 0 atom stereocenters. The number of hydrogen-bond donors (Lipinski definition) is 1. The molecule has 5 heteroatoms. The zero-order valence-corrected chi connectivity index (χ0v) is 10.2. The Kier molecular flexibility index (Phi) is 6.31. The van der Waals surface area contributed by atoms with Crippen molar-refractivity contribution in [1.29, 1.82) is 0 Å². The summed E-state index contributed by atoms with van der Waals surface area (Å²) >= 11 is 0. The Morgan fingerprint density at radius 1 is 1.36 bits per heavy atom. The Morgan fingerprint density at radius 3 is 2.29 bits per heavy atom. The summed E-state index contributed by atoms with van der Waals surface area (Å²) in [5.41, 5.74) is 5.30. The molecule has 0 aromatic heterocycles. The SMILES string of the molecule is CCN(CC(C)C)S(=O)(=O)CCCN. The Balaban J connectivity index is 4.34. The first-order chi connectivity index (χ1) is 6.44. The fourth-order valence-corrected chi connectivity index (χ4v) is 2.95. The quantitative estimate of drug-likeness (QED) is 0.687. The Bertz CT molecular complexity index is 237.